The minimum absolute atomic E-state index is 0.899. The highest BCUT2D eigenvalue weighted by Crippen LogP contribution is 2.34. The first kappa shape index (κ1) is 14.0. The highest BCUT2D eigenvalue weighted by molar-refractivity contribution is 7.17. The second kappa shape index (κ2) is 5.82. The molecule has 0 aliphatic heterocycles. The van der Waals surface area contributed by atoms with Crippen molar-refractivity contribution in [2.45, 2.75) is 27.2 Å². The molecule has 0 saturated heterocycles. The molecule has 0 aliphatic carbocycles. The normalized spacial score (nSPS) is 11.0. The van der Waals surface area contributed by atoms with E-state index < -0.39 is 0 Å². The molecular weight excluding hydrogens is 278 g/mol. The van der Waals surface area contributed by atoms with Crippen molar-refractivity contribution < 1.29 is 0 Å². The predicted octanol–water partition coefficient (Wildman–Crippen LogP) is 4.80. The SMILES string of the molecule is CCCNc1nnc(-c2cccc3ccsc23)c(C)c1C. The van der Waals surface area contributed by atoms with Crippen LogP contribution in [-0.2, 0) is 0 Å². The summed E-state index contributed by atoms with van der Waals surface area (Å²) in [5.74, 6) is 0.899. The number of benzene rings is 1. The summed E-state index contributed by atoms with van der Waals surface area (Å²) >= 11 is 1.76. The fourth-order valence-electron chi connectivity index (χ4n) is 2.45. The summed E-state index contributed by atoms with van der Waals surface area (Å²) in [5.41, 5.74) is 4.55. The topological polar surface area (TPSA) is 37.8 Å². The van der Waals surface area contributed by atoms with Gasteiger partial charge in [-0.2, -0.15) is 0 Å². The molecule has 1 aromatic carbocycles. The van der Waals surface area contributed by atoms with Crippen molar-refractivity contribution in [3.8, 4) is 11.3 Å². The van der Waals surface area contributed by atoms with Gasteiger partial charge in [0.1, 0.15) is 0 Å². The summed E-state index contributed by atoms with van der Waals surface area (Å²) in [6, 6.07) is 8.51. The van der Waals surface area contributed by atoms with Crippen molar-refractivity contribution in [2.75, 3.05) is 11.9 Å². The standard InChI is InChI=1S/C17H19N3S/c1-4-9-18-17-12(3)11(2)15(19-20-17)14-7-5-6-13-8-10-21-16(13)14/h5-8,10H,4,9H2,1-3H3,(H,18,20). The summed E-state index contributed by atoms with van der Waals surface area (Å²) < 4.78 is 1.28. The zero-order chi connectivity index (χ0) is 14.8. The van der Waals surface area contributed by atoms with Crippen molar-refractivity contribution in [3.63, 3.8) is 0 Å². The lowest BCUT2D eigenvalue weighted by molar-refractivity contribution is 0.933. The predicted molar refractivity (Wildman–Crippen MR) is 91.1 cm³/mol. The Bertz CT molecular complexity index is 777. The average molecular weight is 297 g/mol. The van der Waals surface area contributed by atoms with Crippen LogP contribution in [0.1, 0.15) is 24.5 Å². The minimum Gasteiger partial charge on any atom is -0.368 e. The van der Waals surface area contributed by atoms with Gasteiger partial charge < -0.3 is 5.32 Å². The van der Waals surface area contributed by atoms with Gasteiger partial charge >= 0.3 is 0 Å². The number of fused-ring (bicyclic) bond motifs is 1. The number of thiophene rings is 1. The molecule has 3 nitrogen and oxygen atoms in total. The van der Waals surface area contributed by atoms with Crippen LogP contribution in [0, 0.1) is 13.8 Å². The van der Waals surface area contributed by atoms with Crippen molar-refractivity contribution in [2.24, 2.45) is 0 Å². The third-order valence-electron chi connectivity index (χ3n) is 3.80. The summed E-state index contributed by atoms with van der Waals surface area (Å²) in [4.78, 5) is 0. The van der Waals surface area contributed by atoms with E-state index in [2.05, 4.69) is 65.9 Å². The van der Waals surface area contributed by atoms with Crippen LogP contribution in [-0.4, -0.2) is 16.7 Å². The van der Waals surface area contributed by atoms with Gasteiger partial charge in [-0.15, -0.1) is 21.5 Å². The number of nitrogens with zero attached hydrogens (tertiary/aromatic N) is 2. The molecule has 21 heavy (non-hydrogen) atoms. The number of rotatable bonds is 4. The lowest BCUT2D eigenvalue weighted by Crippen LogP contribution is -2.07. The summed E-state index contributed by atoms with van der Waals surface area (Å²) in [6.45, 7) is 7.31. The Kier molecular flexibility index (Phi) is 3.88. The van der Waals surface area contributed by atoms with Crippen LogP contribution in [0.15, 0.2) is 29.6 Å². The minimum atomic E-state index is 0.899. The number of nitrogens with one attached hydrogen (secondary N) is 1. The third kappa shape index (κ3) is 2.51. The first-order valence-corrected chi connectivity index (χ1v) is 8.14. The van der Waals surface area contributed by atoms with Gasteiger partial charge in [0, 0.05) is 16.8 Å². The summed E-state index contributed by atoms with van der Waals surface area (Å²) in [5, 5.41) is 15.6. The highest BCUT2D eigenvalue weighted by Gasteiger charge is 2.13. The van der Waals surface area contributed by atoms with Crippen LogP contribution in [0.4, 0.5) is 5.82 Å². The van der Waals surface area contributed by atoms with Crippen LogP contribution in [0.2, 0.25) is 0 Å². The molecule has 4 heteroatoms. The Hall–Kier alpha value is -1.94. The van der Waals surface area contributed by atoms with Gasteiger partial charge in [0.05, 0.1) is 5.69 Å². The van der Waals surface area contributed by atoms with Crippen molar-refractivity contribution in [1.29, 1.82) is 0 Å². The van der Waals surface area contributed by atoms with E-state index in [1.165, 1.54) is 26.8 Å². The van der Waals surface area contributed by atoms with Gasteiger partial charge in [-0.1, -0.05) is 25.1 Å². The van der Waals surface area contributed by atoms with E-state index in [0.29, 0.717) is 0 Å². The largest absolute Gasteiger partial charge is 0.368 e. The lowest BCUT2D eigenvalue weighted by atomic mass is 10.0. The van der Waals surface area contributed by atoms with Gasteiger partial charge in [0.15, 0.2) is 5.82 Å². The Balaban J connectivity index is 2.11. The fraction of sp³-hybridized carbons (Fsp3) is 0.294. The van der Waals surface area contributed by atoms with E-state index in [-0.39, 0.29) is 0 Å². The molecule has 3 aromatic rings. The van der Waals surface area contributed by atoms with Gasteiger partial charge in [-0.05, 0) is 48.2 Å². The Morgan fingerprint density at radius 1 is 1.10 bits per heavy atom. The molecule has 0 radical (unpaired) electrons. The molecule has 3 rings (SSSR count). The maximum atomic E-state index is 4.49. The quantitative estimate of drug-likeness (QED) is 0.752. The summed E-state index contributed by atoms with van der Waals surface area (Å²) in [7, 11) is 0. The van der Waals surface area contributed by atoms with Gasteiger partial charge in [-0.25, -0.2) is 0 Å². The van der Waals surface area contributed by atoms with Crippen LogP contribution >= 0.6 is 11.3 Å². The lowest BCUT2D eigenvalue weighted by Gasteiger charge is -2.13. The van der Waals surface area contributed by atoms with Gasteiger partial charge in [-0.3, -0.25) is 0 Å². The molecule has 0 amide bonds. The van der Waals surface area contributed by atoms with Crippen molar-refractivity contribution in [3.05, 3.63) is 40.8 Å². The second-order valence-corrected chi connectivity index (χ2v) is 6.13. The van der Waals surface area contributed by atoms with E-state index >= 15 is 0 Å². The van der Waals surface area contributed by atoms with E-state index in [4.69, 9.17) is 0 Å². The number of hydrogen-bond acceptors (Lipinski definition) is 4. The Morgan fingerprint density at radius 3 is 2.76 bits per heavy atom. The average Bonchev–Trinajstić information content (AvgIpc) is 2.97. The maximum absolute atomic E-state index is 4.49. The molecule has 0 unspecified atom stereocenters. The van der Waals surface area contributed by atoms with Crippen molar-refractivity contribution in [1.82, 2.24) is 10.2 Å². The highest BCUT2D eigenvalue weighted by atomic mass is 32.1. The van der Waals surface area contributed by atoms with Crippen LogP contribution < -0.4 is 5.32 Å². The number of hydrogen-bond donors (Lipinski definition) is 1. The molecule has 0 atom stereocenters. The molecule has 2 aromatic heterocycles. The van der Waals surface area contributed by atoms with Gasteiger partial charge in [0.2, 0.25) is 0 Å². The van der Waals surface area contributed by atoms with Crippen LogP contribution in [0.3, 0.4) is 0 Å². The maximum Gasteiger partial charge on any atom is 0.151 e. The molecular formula is C17H19N3S. The Labute approximate surface area is 129 Å². The third-order valence-corrected chi connectivity index (χ3v) is 4.76. The van der Waals surface area contributed by atoms with E-state index in [1.807, 2.05) is 0 Å². The first-order valence-electron chi connectivity index (χ1n) is 7.26. The first-order chi connectivity index (χ1) is 10.2. The fourth-order valence-corrected chi connectivity index (χ4v) is 3.37. The Morgan fingerprint density at radius 2 is 1.95 bits per heavy atom. The molecule has 0 aliphatic rings. The molecule has 0 fully saturated rings. The monoisotopic (exact) mass is 297 g/mol. The molecule has 0 spiro atoms. The van der Waals surface area contributed by atoms with Gasteiger partial charge in [0.25, 0.3) is 0 Å². The molecule has 0 saturated carbocycles. The number of aromatic nitrogens is 2. The number of anilines is 1. The van der Waals surface area contributed by atoms with E-state index in [0.717, 1.165) is 24.5 Å². The second-order valence-electron chi connectivity index (χ2n) is 5.22. The molecule has 1 N–H and O–H groups in total. The molecule has 0 bridgehead atoms. The van der Waals surface area contributed by atoms with E-state index in [9.17, 15) is 0 Å². The smallest absolute Gasteiger partial charge is 0.151 e. The van der Waals surface area contributed by atoms with Crippen LogP contribution in [0.25, 0.3) is 21.3 Å². The van der Waals surface area contributed by atoms with Crippen molar-refractivity contribution >= 4 is 27.2 Å². The zero-order valence-corrected chi connectivity index (χ0v) is 13.4. The zero-order valence-electron chi connectivity index (χ0n) is 12.6. The summed E-state index contributed by atoms with van der Waals surface area (Å²) in [6.07, 6.45) is 1.08. The molecule has 2 heterocycles. The van der Waals surface area contributed by atoms with E-state index in [1.54, 1.807) is 11.3 Å². The van der Waals surface area contributed by atoms with Crippen LogP contribution in [0.5, 0.6) is 0 Å². The molecule has 108 valence electrons.